The van der Waals surface area contributed by atoms with Crippen molar-refractivity contribution in [3.63, 3.8) is 0 Å². The Morgan fingerprint density at radius 3 is 1.50 bits per heavy atom. The van der Waals surface area contributed by atoms with Gasteiger partial charge in [-0.15, -0.1) is 47.0 Å². The molecule has 0 fully saturated rings. The summed E-state index contributed by atoms with van der Waals surface area (Å²) >= 11 is 14.9. The van der Waals surface area contributed by atoms with Crippen molar-refractivity contribution in [1.82, 2.24) is 0 Å². The molecule has 184 valence electrons. The van der Waals surface area contributed by atoms with Crippen LogP contribution in [0.3, 0.4) is 0 Å². The Balaban J connectivity index is 1.93. The SMILES string of the molecule is CSC1=C(SC)SC(=c2c3ccccc3c(=C3SC(SC)=C(SC)S3)c3cc(/C=C/C=O)ccc23)S1. The third kappa shape index (κ3) is 5.11. The Kier molecular flexibility index (Phi) is 9.21. The molecule has 3 aromatic carbocycles. The fourth-order valence-electron chi connectivity index (χ4n) is 4.14. The van der Waals surface area contributed by atoms with Gasteiger partial charge in [-0.25, -0.2) is 0 Å². The Labute approximate surface area is 245 Å². The molecule has 0 N–H and O–H groups in total. The summed E-state index contributed by atoms with van der Waals surface area (Å²) in [5, 5.41) is 7.70. The molecule has 0 aromatic heterocycles. The van der Waals surface area contributed by atoms with Crippen molar-refractivity contribution in [3.8, 4) is 0 Å². The molecule has 0 aliphatic carbocycles. The highest BCUT2D eigenvalue weighted by Gasteiger charge is 2.25. The van der Waals surface area contributed by atoms with E-state index in [-0.39, 0.29) is 0 Å². The van der Waals surface area contributed by atoms with Crippen LogP contribution in [0.2, 0.25) is 0 Å². The van der Waals surface area contributed by atoms with Crippen LogP contribution >= 0.6 is 94.1 Å². The number of carbonyl (C=O) groups is 1. The monoisotopic (exact) mass is 618 g/mol. The van der Waals surface area contributed by atoms with Crippen molar-refractivity contribution in [3.05, 3.63) is 81.5 Å². The first-order valence-corrected chi connectivity index (χ1v) is 19.0. The number of fused-ring (bicyclic) bond motifs is 2. The third-order valence-corrected chi connectivity index (χ3v) is 16.1. The summed E-state index contributed by atoms with van der Waals surface area (Å²) in [6.07, 6.45) is 13.0. The minimum atomic E-state index is 0.842. The number of thioether (sulfide) groups is 8. The second-order valence-corrected chi connectivity index (χ2v) is 16.4. The first kappa shape index (κ1) is 27.2. The van der Waals surface area contributed by atoms with Crippen LogP contribution in [0.1, 0.15) is 5.56 Å². The van der Waals surface area contributed by atoms with Gasteiger partial charge in [0.15, 0.2) is 0 Å². The zero-order chi connectivity index (χ0) is 25.2. The molecule has 0 unspecified atom stereocenters. The van der Waals surface area contributed by atoms with Crippen molar-refractivity contribution in [1.29, 1.82) is 0 Å². The maximum absolute atomic E-state index is 11.1. The van der Waals surface area contributed by atoms with Crippen LogP contribution in [0.15, 0.2) is 65.5 Å². The average Bonchev–Trinajstić information content (AvgIpc) is 3.53. The number of rotatable bonds is 6. The lowest BCUT2D eigenvalue weighted by Crippen LogP contribution is -2.17. The van der Waals surface area contributed by atoms with E-state index < -0.39 is 0 Å². The fourth-order valence-corrected chi connectivity index (χ4v) is 14.4. The molecule has 3 aromatic rings. The zero-order valence-electron chi connectivity index (χ0n) is 19.9. The van der Waals surface area contributed by atoms with E-state index in [9.17, 15) is 4.79 Å². The van der Waals surface area contributed by atoms with Gasteiger partial charge in [-0.05, 0) is 64.3 Å². The molecule has 2 aliphatic rings. The summed E-state index contributed by atoms with van der Waals surface area (Å²) in [6, 6.07) is 15.5. The number of aldehydes is 1. The van der Waals surface area contributed by atoms with E-state index in [1.54, 1.807) is 6.08 Å². The number of hydrogen-bond donors (Lipinski definition) is 0. The molecule has 2 heterocycles. The Bertz CT molecular complexity index is 1560. The molecule has 5 rings (SSSR count). The summed E-state index contributed by atoms with van der Waals surface area (Å²) in [6.45, 7) is 0. The van der Waals surface area contributed by atoms with E-state index in [4.69, 9.17) is 0 Å². The highest BCUT2D eigenvalue weighted by molar-refractivity contribution is 8.46. The lowest BCUT2D eigenvalue weighted by Gasteiger charge is -2.12. The van der Waals surface area contributed by atoms with Gasteiger partial charge < -0.3 is 0 Å². The topological polar surface area (TPSA) is 17.1 Å². The Hall–Kier alpha value is -0.390. The van der Waals surface area contributed by atoms with E-state index in [2.05, 4.69) is 67.5 Å². The highest BCUT2D eigenvalue weighted by Crippen LogP contribution is 2.58. The van der Waals surface area contributed by atoms with Crippen LogP contribution in [0.5, 0.6) is 0 Å². The molecule has 9 heteroatoms. The molecule has 36 heavy (non-hydrogen) atoms. The minimum absolute atomic E-state index is 0.842. The number of carbonyl (C=O) groups excluding carboxylic acids is 1. The minimum Gasteiger partial charge on any atom is -0.299 e. The summed E-state index contributed by atoms with van der Waals surface area (Å²) in [7, 11) is 0. The molecule has 0 saturated carbocycles. The van der Waals surface area contributed by atoms with Crippen LogP contribution in [-0.2, 0) is 4.79 Å². The molecular formula is C27H22OS8. The summed E-state index contributed by atoms with van der Waals surface area (Å²) in [5.41, 5.74) is 1.04. The van der Waals surface area contributed by atoms with Gasteiger partial charge in [0.05, 0.1) is 25.4 Å². The predicted molar refractivity (Wildman–Crippen MR) is 181 cm³/mol. The molecule has 1 nitrogen and oxygen atoms in total. The number of benzene rings is 3. The lowest BCUT2D eigenvalue weighted by atomic mass is 9.97. The maximum Gasteiger partial charge on any atom is 0.142 e. The van der Waals surface area contributed by atoms with E-state index in [0.717, 1.165) is 11.8 Å². The van der Waals surface area contributed by atoms with E-state index in [1.807, 2.05) is 100 Å². The van der Waals surface area contributed by atoms with Crippen molar-refractivity contribution in [2.75, 3.05) is 25.0 Å². The van der Waals surface area contributed by atoms with Crippen LogP contribution in [0.4, 0.5) is 0 Å². The Morgan fingerprint density at radius 1 is 0.611 bits per heavy atom. The lowest BCUT2D eigenvalue weighted by molar-refractivity contribution is -0.104. The van der Waals surface area contributed by atoms with Crippen molar-refractivity contribution in [2.24, 2.45) is 0 Å². The molecule has 0 saturated heterocycles. The van der Waals surface area contributed by atoms with Gasteiger partial charge in [-0.2, -0.15) is 0 Å². The van der Waals surface area contributed by atoms with Gasteiger partial charge >= 0.3 is 0 Å². The van der Waals surface area contributed by atoms with E-state index in [1.165, 1.54) is 57.4 Å². The first-order chi connectivity index (χ1) is 17.6. The van der Waals surface area contributed by atoms with Crippen molar-refractivity contribution in [2.45, 2.75) is 0 Å². The number of allylic oxidation sites excluding steroid dienone is 1. The molecule has 0 bridgehead atoms. The molecular weight excluding hydrogens is 597 g/mol. The van der Waals surface area contributed by atoms with E-state index >= 15 is 0 Å². The van der Waals surface area contributed by atoms with Gasteiger partial charge in [-0.3, -0.25) is 4.79 Å². The van der Waals surface area contributed by atoms with Gasteiger partial charge in [0, 0.05) is 10.4 Å². The summed E-state index contributed by atoms with van der Waals surface area (Å²) in [4.78, 5) is 11.1. The van der Waals surface area contributed by atoms with Gasteiger partial charge in [-0.1, -0.05) is 89.5 Å². The third-order valence-electron chi connectivity index (χ3n) is 5.64. The predicted octanol–water partition coefficient (Wildman–Crippen LogP) is 9.00. The smallest absolute Gasteiger partial charge is 0.142 e. The molecule has 0 radical (unpaired) electrons. The average molecular weight is 619 g/mol. The fraction of sp³-hybridized carbons (Fsp3) is 0.148. The van der Waals surface area contributed by atoms with Crippen LogP contribution in [0.25, 0.3) is 36.1 Å². The highest BCUT2D eigenvalue weighted by atomic mass is 32.3. The second-order valence-electron chi connectivity index (χ2n) is 7.55. The standard InChI is InChI=1S/C27H22OS8/c1-29-24-25(30-2)34-22(33-24)20-16-9-5-6-10-17(16)21(23-35-26(31-3)27(32-4)36-23)19-14-15(8-7-13-28)11-12-18(19)20/h5-14H,1-4H3/b8-7+. The zero-order valence-corrected chi connectivity index (χ0v) is 26.5. The first-order valence-electron chi connectivity index (χ1n) is 10.8. The summed E-state index contributed by atoms with van der Waals surface area (Å²) < 4.78 is 8.17. The molecule has 0 amide bonds. The largest absolute Gasteiger partial charge is 0.299 e. The molecule has 0 spiro atoms. The molecule has 2 aliphatic heterocycles. The van der Waals surface area contributed by atoms with Gasteiger partial charge in [0.2, 0.25) is 0 Å². The molecule has 0 atom stereocenters. The van der Waals surface area contributed by atoms with Gasteiger partial charge in [0.25, 0.3) is 0 Å². The van der Waals surface area contributed by atoms with Crippen molar-refractivity contribution >= 4 is 136 Å². The number of hydrogen-bond acceptors (Lipinski definition) is 9. The van der Waals surface area contributed by atoms with Crippen LogP contribution in [0, 0.1) is 0 Å². The normalized spacial score (nSPS) is 16.6. The summed E-state index contributed by atoms with van der Waals surface area (Å²) in [5.74, 6) is 0. The van der Waals surface area contributed by atoms with Crippen LogP contribution < -0.4 is 10.4 Å². The van der Waals surface area contributed by atoms with Crippen LogP contribution in [-0.4, -0.2) is 31.3 Å². The quantitative estimate of drug-likeness (QED) is 0.152. The van der Waals surface area contributed by atoms with Gasteiger partial charge in [0.1, 0.15) is 6.29 Å². The van der Waals surface area contributed by atoms with E-state index in [0.29, 0.717) is 0 Å². The Morgan fingerprint density at radius 2 is 1.06 bits per heavy atom. The van der Waals surface area contributed by atoms with Crippen molar-refractivity contribution < 1.29 is 4.79 Å². The maximum atomic E-state index is 11.1. The second kappa shape index (κ2) is 12.2.